The van der Waals surface area contributed by atoms with Gasteiger partial charge in [0.05, 0.1) is 5.41 Å². The molecule has 0 aromatic heterocycles. The molecule has 166 valence electrons. The molecule has 0 saturated carbocycles. The van der Waals surface area contributed by atoms with Gasteiger partial charge >= 0.3 is 0 Å². The Morgan fingerprint density at radius 1 is 1.10 bits per heavy atom. The van der Waals surface area contributed by atoms with Crippen molar-refractivity contribution >= 4 is 11.8 Å². The average Bonchev–Trinajstić information content (AvgIpc) is 3.27. The number of ether oxygens (including phenoxy) is 2. The van der Waals surface area contributed by atoms with Crippen molar-refractivity contribution in [2.45, 2.75) is 45.6 Å². The molecule has 3 heterocycles. The molecule has 1 aliphatic carbocycles. The highest BCUT2D eigenvalue weighted by Crippen LogP contribution is 2.48. The lowest BCUT2D eigenvalue weighted by Crippen LogP contribution is -2.57. The number of hydrogen-bond donors (Lipinski definition) is 0. The standard InChI is InChI=1S/C24H31N3O4/c1-2-27-21-5-3-4-9-24(21,10-8-22(27)28)23(29)26-13-11-25(12-14-26)16-18-6-7-19-20(15-18)31-17-30-19/h5-7,15H,2-4,8-14,16-17H2,1H3. The van der Waals surface area contributed by atoms with Crippen molar-refractivity contribution in [3.63, 3.8) is 0 Å². The van der Waals surface area contributed by atoms with E-state index in [9.17, 15) is 9.59 Å². The number of likely N-dealkylation sites (tertiary alicyclic amines) is 1. The molecule has 1 atom stereocenters. The van der Waals surface area contributed by atoms with Gasteiger partial charge in [0.25, 0.3) is 0 Å². The second-order valence-electron chi connectivity index (χ2n) is 8.96. The number of carbonyl (C=O) groups excluding carboxylic acids is 2. The smallest absolute Gasteiger partial charge is 0.234 e. The predicted octanol–water partition coefficient (Wildman–Crippen LogP) is 2.76. The normalized spacial score (nSPS) is 26.0. The lowest BCUT2D eigenvalue weighted by Gasteiger charge is -2.48. The molecule has 0 radical (unpaired) electrons. The molecule has 3 aliphatic heterocycles. The van der Waals surface area contributed by atoms with Crippen LogP contribution in [-0.4, -0.2) is 66.0 Å². The number of fused-ring (bicyclic) bond motifs is 2. The molecule has 5 rings (SSSR count). The van der Waals surface area contributed by atoms with E-state index in [0.717, 1.165) is 69.2 Å². The first-order valence-electron chi connectivity index (χ1n) is 11.5. The van der Waals surface area contributed by atoms with Crippen LogP contribution >= 0.6 is 0 Å². The molecule has 7 nitrogen and oxygen atoms in total. The number of rotatable bonds is 4. The zero-order valence-corrected chi connectivity index (χ0v) is 18.3. The highest BCUT2D eigenvalue weighted by Gasteiger charge is 2.50. The fourth-order valence-electron chi connectivity index (χ4n) is 5.56. The highest BCUT2D eigenvalue weighted by atomic mass is 16.7. The van der Waals surface area contributed by atoms with Gasteiger partial charge in [-0.15, -0.1) is 0 Å². The van der Waals surface area contributed by atoms with Crippen LogP contribution in [-0.2, 0) is 16.1 Å². The molecule has 1 aromatic carbocycles. The summed E-state index contributed by atoms with van der Waals surface area (Å²) in [7, 11) is 0. The van der Waals surface area contributed by atoms with Crippen LogP contribution in [0.2, 0.25) is 0 Å². The summed E-state index contributed by atoms with van der Waals surface area (Å²) in [5.41, 5.74) is 1.68. The molecule has 31 heavy (non-hydrogen) atoms. The summed E-state index contributed by atoms with van der Waals surface area (Å²) in [5.74, 6) is 2.01. The lowest BCUT2D eigenvalue weighted by molar-refractivity contribution is -0.149. The number of carbonyl (C=O) groups is 2. The lowest BCUT2D eigenvalue weighted by atomic mass is 9.68. The number of allylic oxidation sites excluding steroid dienone is 1. The maximum Gasteiger partial charge on any atom is 0.234 e. The Labute approximate surface area is 183 Å². The van der Waals surface area contributed by atoms with Gasteiger partial charge in [0.2, 0.25) is 18.6 Å². The average molecular weight is 426 g/mol. The Morgan fingerprint density at radius 2 is 1.90 bits per heavy atom. The fourth-order valence-corrected chi connectivity index (χ4v) is 5.56. The van der Waals surface area contributed by atoms with Crippen LogP contribution in [0.25, 0.3) is 0 Å². The van der Waals surface area contributed by atoms with E-state index in [0.29, 0.717) is 26.2 Å². The second kappa shape index (κ2) is 8.19. The first-order chi connectivity index (χ1) is 15.1. The zero-order valence-electron chi connectivity index (χ0n) is 18.3. The molecule has 2 amide bonds. The maximum absolute atomic E-state index is 13.8. The van der Waals surface area contributed by atoms with Gasteiger partial charge in [0, 0.05) is 51.4 Å². The van der Waals surface area contributed by atoms with E-state index in [1.165, 1.54) is 5.56 Å². The molecular weight excluding hydrogens is 394 g/mol. The molecule has 4 aliphatic rings. The number of hydrogen-bond acceptors (Lipinski definition) is 5. The topological polar surface area (TPSA) is 62.3 Å². The quantitative estimate of drug-likeness (QED) is 0.742. The first kappa shape index (κ1) is 20.4. The zero-order chi connectivity index (χ0) is 21.4. The van der Waals surface area contributed by atoms with Gasteiger partial charge in [-0.3, -0.25) is 14.5 Å². The van der Waals surface area contributed by atoms with Crippen LogP contribution in [0.1, 0.15) is 44.6 Å². The van der Waals surface area contributed by atoms with Crippen LogP contribution in [0, 0.1) is 5.41 Å². The molecule has 7 heteroatoms. The van der Waals surface area contributed by atoms with Crippen molar-refractivity contribution in [2.75, 3.05) is 39.5 Å². The Hall–Kier alpha value is -2.54. The van der Waals surface area contributed by atoms with Gasteiger partial charge in [-0.05, 0) is 50.3 Å². The summed E-state index contributed by atoms with van der Waals surface area (Å²) in [4.78, 5) is 32.5. The van der Waals surface area contributed by atoms with Gasteiger partial charge in [-0.25, -0.2) is 0 Å². The van der Waals surface area contributed by atoms with Crippen LogP contribution in [0.5, 0.6) is 11.5 Å². The maximum atomic E-state index is 13.8. The van der Waals surface area contributed by atoms with Crippen molar-refractivity contribution < 1.29 is 19.1 Å². The SMILES string of the molecule is CCN1C(=O)CCC2(C(=O)N3CCN(Cc4ccc5c(c4)OCO5)CC3)CCCC=C12. The van der Waals surface area contributed by atoms with E-state index in [4.69, 9.17) is 9.47 Å². The summed E-state index contributed by atoms with van der Waals surface area (Å²) in [6.45, 7) is 6.95. The minimum Gasteiger partial charge on any atom is -0.454 e. The predicted molar refractivity (Wildman–Crippen MR) is 115 cm³/mol. The van der Waals surface area contributed by atoms with Gasteiger partial charge in [-0.1, -0.05) is 12.1 Å². The summed E-state index contributed by atoms with van der Waals surface area (Å²) < 4.78 is 10.9. The Bertz CT molecular complexity index is 906. The van der Waals surface area contributed by atoms with Crippen LogP contribution in [0.15, 0.2) is 30.0 Å². The summed E-state index contributed by atoms with van der Waals surface area (Å²) in [6.07, 6.45) is 6.12. The van der Waals surface area contributed by atoms with E-state index < -0.39 is 5.41 Å². The van der Waals surface area contributed by atoms with E-state index in [-0.39, 0.29) is 11.8 Å². The Morgan fingerprint density at radius 3 is 2.71 bits per heavy atom. The van der Waals surface area contributed by atoms with Crippen molar-refractivity contribution in [1.82, 2.24) is 14.7 Å². The van der Waals surface area contributed by atoms with E-state index in [1.807, 2.05) is 22.8 Å². The molecule has 0 spiro atoms. The number of amides is 2. The Balaban J connectivity index is 1.25. The minimum atomic E-state index is -0.498. The summed E-state index contributed by atoms with van der Waals surface area (Å²) in [5, 5.41) is 0. The van der Waals surface area contributed by atoms with Crippen molar-refractivity contribution in [2.24, 2.45) is 5.41 Å². The van der Waals surface area contributed by atoms with Gasteiger partial charge < -0.3 is 19.3 Å². The molecule has 1 aromatic rings. The van der Waals surface area contributed by atoms with E-state index in [1.54, 1.807) is 0 Å². The number of benzene rings is 1. The monoisotopic (exact) mass is 425 g/mol. The summed E-state index contributed by atoms with van der Waals surface area (Å²) >= 11 is 0. The first-order valence-corrected chi connectivity index (χ1v) is 11.5. The molecular formula is C24H31N3O4. The molecule has 0 N–H and O–H groups in total. The van der Waals surface area contributed by atoms with Crippen LogP contribution in [0.4, 0.5) is 0 Å². The van der Waals surface area contributed by atoms with E-state index in [2.05, 4.69) is 23.1 Å². The third-order valence-electron chi connectivity index (χ3n) is 7.22. The largest absolute Gasteiger partial charge is 0.454 e. The number of piperazine rings is 1. The van der Waals surface area contributed by atoms with Crippen molar-refractivity contribution in [1.29, 1.82) is 0 Å². The number of piperidine rings is 1. The van der Waals surface area contributed by atoms with Gasteiger partial charge in [0.15, 0.2) is 11.5 Å². The van der Waals surface area contributed by atoms with Gasteiger partial charge in [-0.2, -0.15) is 0 Å². The van der Waals surface area contributed by atoms with Crippen molar-refractivity contribution in [3.05, 3.63) is 35.5 Å². The third kappa shape index (κ3) is 3.59. The second-order valence-corrected chi connectivity index (χ2v) is 8.96. The molecule has 2 saturated heterocycles. The molecule has 1 unspecified atom stereocenters. The molecule has 0 bridgehead atoms. The minimum absolute atomic E-state index is 0.160. The van der Waals surface area contributed by atoms with Crippen molar-refractivity contribution in [3.8, 4) is 11.5 Å². The fraction of sp³-hybridized carbons (Fsp3) is 0.583. The Kier molecular flexibility index (Phi) is 5.38. The third-order valence-corrected chi connectivity index (χ3v) is 7.22. The van der Waals surface area contributed by atoms with Gasteiger partial charge in [0.1, 0.15) is 0 Å². The summed E-state index contributed by atoms with van der Waals surface area (Å²) in [6, 6.07) is 6.11. The van der Waals surface area contributed by atoms with Crippen LogP contribution in [0.3, 0.4) is 0 Å². The number of nitrogens with zero attached hydrogens (tertiary/aromatic N) is 3. The molecule has 2 fully saturated rings. The van der Waals surface area contributed by atoms with E-state index >= 15 is 0 Å². The van der Waals surface area contributed by atoms with Crippen LogP contribution < -0.4 is 9.47 Å². The highest BCUT2D eigenvalue weighted by molar-refractivity contribution is 5.91.